The molecule has 0 bridgehead atoms. The van der Waals surface area contributed by atoms with Crippen molar-refractivity contribution in [3.8, 4) is 5.75 Å². The van der Waals surface area contributed by atoms with Crippen LogP contribution in [0.4, 0.5) is 4.39 Å². The maximum atomic E-state index is 12.9. The van der Waals surface area contributed by atoms with Crippen LogP contribution >= 0.6 is 11.8 Å². The Morgan fingerprint density at radius 1 is 1.56 bits per heavy atom. The van der Waals surface area contributed by atoms with Crippen LogP contribution in [0.5, 0.6) is 5.75 Å². The lowest BCUT2D eigenvalue weighted by Gasteiger charge is -2.18. The van der Waals surface area contributed by atoms with Gasteiger partial charge >= 0.3 is 0 Å². The van der Waals surface area contributed by atoms with Gasteiger partial charge in [0.1, 0.15) is 18.2 Å². The zero-order chi connectivity index (χ0) is 11.4. The molecule has 1 saturated heterocycles. The Balaban J connectivity index is 1.82. The van der Waals surface area contributed by atoms with Crippen LogP contribution in [-0.2, 0) is 0 Å². The zero-order valence-corrected chi connectivity index (χ0v) is 9.88. The number of benzene rings is 1. The number of ether oxygens (including phenoxy) is 1. The van der Waals surface area contributed by atoms with E-state index in [1.165, 1.54) is 24.3 Å². The zero-order valence-electron chi connectivity index (χ0n) is 9.06. The standard InChI is InChI=1S/C12H16FNOS/c13-10-2-1-3-11(6-10)15-7-12(14)9-4-5-16-8-9/h1-3,6,9,12H,4-5,7-8,14H2. The van der Waals surface area contributed by atoms with Crippen molar-refractivity contribution in [1.82, 2.24) is 0 Å². The fourth-order valence-corrected chi connectivity index (χ4v) is 3.13. The Bertz CT molecular complexity index is 342. The van der Waals surface area contributed by atoms with Gasteiger partial charge in [-0.05, 0) is 36.0 Å². The van der Waals surface area contributed by atoms with Crippen LogP contribution in [0.25, 0.3) is 0 Å². The van der Waals surface area contributed by atoms with Gasteiger partial charge in [0.25, 0.3) is 0 Å². The molecule has 0 aliphatic carbocycles. The van der Waals surface area contributed by atoms with Gasteiger partial charge in [0.2, 0.25) is 0 Å². The minimum Gasteiger partial charge on any atom is -0.492 e. The maximum absolute atomic E-state index is 12.9. The van der Waals surface area contributed by atoms with E-state index in [2.05, 4.69) is 0 Å². The highest BCUT2D eigenvalue weighted by molar-refractivity contribution is 7.99. The number of hydrogen-bond donors (Lipinski definition) is 1. The van der Waals surface area contributed by atoms with E-state index in [4.69, 9.17) is 10.5 Å². The number of rotatable bonds is 4. The minimum atomic E-state index is -0.275. The highest BCUT2D eigenvalue weighted by Crippen LogP contribution is 2.25. The van der Waals surface area contributed by atoms with Crippen LogP contribution in [0.15, 0.2) is 24.3 Å². The number of halogens is 1. The Morgan fingerprint density at radius 2 is 2.44 bits per heavy atom. The molecule has 0 amide bonds. The van der Waals surface area contributed by atoms with Crippen LogP contribution in [0, 0.1) is 11.7 Å². The number of thioether (sulfide) groups is 1. The fraction of sp³-hybridized carbons (Fsp3) is 0.500. The predicted octanol–water partition coefficient (Wildman–Crippen LogP) is 2.28. The van der Waals surface area contributed by atoms with Gasteiger partial charge in [-0.3, -0.25) is 0 Å². The van der Waals surface area contributed by atoms with E-state index >= 15 is 0 Å². The summed E-state index contributed by atoms with van der Waals surface area (Å²) in [5.74, 6) is 3.13. The maximum Gasteiger partial charge on any atom is 0.126 e. The molecule has 2 atom stereocenters. The van der Waals surface area contributed by atoms with Gasteiger partial charge < -0.3 is 10.5 Å². The Hall–Kier alpha value is -0.740. The van der Waals surface area contributed by atoms with Gasteiger partial charge in [-0.15, -0.1) is 0 Å². The van der Waals surface area contributed by atoms with Gasteiger partial charge in [-0.1, -0.05) is 6.07 Å². The van der Waals surface area contributed by atoms with Crippen LogP contribution in [0.1, 0.15) is 6.42 Å². The number of nitrogens with two attached hydrogens (primary N) is 1. The first-order valence-corrected chi connectivity index (χ1v) is 6.63. The van der Waals surface area contributed by atoms with Crippen molar-refractivity contribution in [3.63, 3.8) is 0 Å². The van der Waals surface area contributed by atoms with Crippen molar-refractivity contribution in [2.24, 2.45) is 11.7 Å². The molecule has 0 aromatic heterocycles. The van der Waals surface area contributed by atoms with Crippen molar-refractivity contribution in [2.75, 3.05) is 18.1 Å². The third-order valence-electron chi connectivity index (χ3n) is 2.81. The second-order valence-electron chi connectivity index (χ2n) is 4.06. The van der Waals surface area contributed by atoms with Crippen LogP contribution < -0.4 is 10.5 Å². The highest BCUT2D eigenvalue weighted by atomic mass is 32.2. The molecular weight excluding hydrogens is 225 g/mol. The molecule has 88 valence electrons. The molecule has 2 N–H and O–H groups in total. The first-order chi connectivity index (χ1) is 7.75. The summed E-state index contributed by atoms with van der Waals surface area (Å²) in [6.07, 6.45) is 1.17. The second kappa shape index (κ2) is 5.55. The van der Waals surface area contributed by atoms with Crippen molar-refractivity contribution in [3.05, 3.63) is 30.1 Å². The first-order valence-electron chi connectivity index (χ1n) is 5.47. The SMILES string of the molecule is NC(COc1cccc(F)c1)C1CCSC1. The third kappa shape index (κ3) is 3.12. The van der Waals surface area contributed by atoms with Crippen LogP contribution in [0.2, 0.25) is 0 Å². The summed E-state index contributed by atoms with van der Waals surface area (Å²) in [7, 11) is 0. The summed E-state index contributed by atoms with van der Waals surface area (Å²) in [6.45, 7) is 0.467. The predicted molar refractivity (Wildman–Crippen MR) is 65.3 cm³/mol. The summed E-state index contributed by atoms with van der Waals surface area (Å²) in [5.41, 5.74) is 6.03. The summed E-state index contributed by atoms with van der Waals surface area (Å²) in [5, 5.41) is 0. The lowest BCUT2D eigenvalue weighted by Crippen LogP contribution is -2.35. The summed E-state index contributed by atoms with van der Waals surface area (Å²) < 4.78 is 18.4. The average Bonchev–Trinajstić information content (AvgIpc) is 2.79. The molecule has 0 radical (unpaired) electrons. The monoisotopic (exact) mass is 241 g/mol. The van der Waals surface area contributed by atoms with E-state index in [1.54, 1.807) is 12.1 Å². The highest BCUT2D eigenvalue weighted by Gasteiger charge is 2.22. The molecule has 1 fully saturated rings. The molecule has 1 aliphatic heterocycles. The van der Waals surface area contributed by atoms with Crippen molar-refractivity contribution >= 4 is 11.8 Å². The molecule has 1 aromatic rings. The Kier molecular flexibility index (Phi) is 4.07. The van der Waals surface area contributed by atoms with Gasteiger partial charge in [0, 0.05) is 12.1 Å². The topological polar surface area (TPSA) is 35.2 Å². The Morgan fingerprint density at radius 3 is 3.12 bits per heavy atom. The molecule has 2 rings (SSSR count). The molecule has 1 heterocycles. The number of hydrogen-bond acceptors (Lipinski definition) is 3. The Labute approximate surface area is 99.4 Å². The van der Waals surface area contributed by atoms with Crippen LogP contribution in [0.3, 0.4) is 0 Å². The fourth-order valence-electron chi connectivity index (χ4n) is 1.78. The summed E-state index contributed by atoms with van der Waals surface area (Å²) in [4.78, 5) is 0. The molecule has 16 heavy (non-hydrogen) atoms. The van der Waals surface area contributed by atoms with Gasteiger partial charge in [-0.2, -0.15) is 11.8 Å². The average molecular weight is 241 g/mol. The molecule has 4 heteroatoms. The van der Waals surface area contributed by atoms with E-state index in [-0.39, 0.29) is 11.9 Å². The van der Waals surface area contributed by atoms with Gasteiger partial charge in [0.15, 0.2) is 0 Å². The molecule has 2 unspecified atom stereocenters. The molecule has 1 aromatic carbocycles. The lowest BCUT2D eigenvalue weighted by atomic mass is 10.0. The smallest absolute Gasteiger partial charge is 0.126 e. The van der Waals surface area contributed by atoms with Gasteiger partial charge in [-0.25, -0.2) is 4.39 Å². The normalized spacial score (nSPS) is 22.0. The molecule has 0 spiro atoms. The molecular formula is C12H16FNOS. The van der Waals surface area contributed by atoms with E-state index in [0.29, 0.717) is 18.3 Å². The van der Waals surface area contributed by atoms with Crippen molar-refractivity contribution in [1.29, 1.82) is 0 Å². The van der Waals surface area contributed by atoms with Crippen molar-refractivity contribution in [2.45, 2.75) is 12.5 Å². The summed E-state index contributed by atoms with van der Waals surface area (Å²) >= 11 is 1.94. The lowest BCUT2D eigenvalue weighted by molar-refractivity contribution is 0.254. The third-order valence-corrected chi connectivity index (χ3v) is 4.00. The summed E-state index contributed by atoms with van der Waals surface area (Å²) in [6, 6.07) is 6.23. The van der Waals surface area contributed by atoms with Crippen LogP contribution in [-0.4, -0.2) is 24.2 Å². The first kappa shape index (κ1) is 11.7. The van der Waals surface area contributed by atoms with E-state index in [0.717, 1.165) is 5.75 Å². The minimum absolute atomic E-state index is 0.0540. The van der Waals surface area contributed by atoms with E-state index < -0.39 is 0 Å². The second-order valence-corrected chi connectivity index (χ2v) is 5.21. The van der Waals surface area contributed by atoms with Gasteiger partial charge in [0.05, 0.1) is 0 Å². The molecule has 2 nitrogen and oxygen atoms in total. The molecule has 0 saturated carbocycles. The molecule has 1 aliphatic rings. The van der Waals surface area contributed by atoms with Crippen molar-refractivity contribution < 1.29 is 9.13 Å². The largest absolute Gasteiger partial charge is 0.492 e. The van der Waals surface area contributed by atoms with E-state index in [9.17, 15) is 4.39 Å². The quantitative estimate of drug-likeness (QED) is 0.878. The van der Waals surface area contributed by atoms with E-state index in [1.807, 2.05) is 11.8 Å².